The zero-order chi connectivity index (χ0) is 28.1. The quantitative estimate of drug-likeness (QED) is 0.104. The molecule has 2 aromatic rings. The van der Waals surface area contributed by atoms with E-state index in [9.17, 15) is 14.7 Å². The monoisotopic (exact) mass is 547 g/mol. The first-order chi connectivity index (χ1) is 19.0. The molecule has 1 atom stereocenters. The number of nitrogens with one attached hydrogen (secondary N) is 1. The van der Waals surface area contributed by atoms with Gasteiger partial charge in [0.2, 0.25) is 5.95 Å². The largest absolute Gasteiger partial charge is 0.465 e. The number of aromatic nitrogens is 4. The standard InChI is InChI=1S/C30H53N5O4/c1-2-3-4-5-6-7-8-9-10-11-12-13-14-15-16-17-18-19-26(37)39-23-25(20-21-36)22-35-24-32-27-28(35)33-30(31)34-29(27)38/h24-25,36H,2-23H2,1H3,(H3,31,33,34,38)/t25-/m1/s1. The zero-order valence-electron chi connectivity index (χ0n) is 24.3. The number of aromatic amines is 1. The Kier molecular flexibility index (Phi) is 17.2. The Morgan fingerprint density at radius 1 is 0.949 bits per heavy atom. The van der Waals surface area contributed by atoms with Crippen LogP contribution in [0, 0.1) is 5.92 Å². The van der Waals surface area contributed by atoms with Crippen LogP contribution in [-0.2, 0) is 16.1 Å². The summed E-state index contributed by atoms with van der Waals surface area (Å²) in [6.07, 6.45) is 24.7. The first kappa shape index (κ1) is 32.8. The number of carbonyl (C=O) groups excluding carboxylic acids is 1. The van der Waals surface area contributed by atoms with Gasteiger partial charge < -0.3 is 20.1 Å². The van der Waals surface area contributed by atoms with E-state index < -0.39 is 5.56 Å². The highest BCUT2D eigenvalue weighted by Crippen LogP contribution is 2.16. The second kappa shape index (κ2) is 20.5. The van der Waals surface area contributed by atoms with Crippen molar-refractivity contribution in [3.8, 4) is 0 Å². The number of ether oxygens (including phenoxy) is 1. The molecule has 222 valence electrons. The fourth-order valence-electron chi connectivity index (χ4n) is 5.07. The third-order valence-corrected chi connectivity index (χ3v) is 7.45. The lowest BCUT2D eigenvalue weighted by Crippen LogP contribution is -2.21. The predicted octanol–water partition coefficient (Wildman–Crippen LogP) is 6.29. The van der Waals surface area contributed by atoms with Crippen molar-refractivity contribution in [2.45, 2.75) is 135 Å². The molecule has 0 aliphatic heterocycles. The highest BCUT2D eigenvalue weighted by atomic mass is 16.5. The Labute approximate surface area is 234 Å². The van der Waals surface area contributed by atoms with Gasteiger partial charge in [-0.3, -0.25) is 14.6 Å². The zero-order valence-corrected chi connectivity index (χ0v) is 24.3. The van der Waals surface area contributed by atoms with Crippen molar-refractivity contribution < 1.29 is 14.6 Å². The maximum atomic E-state index is 12.2. The Hall–Kier alpha value is -2.42. The van der Waals surface area contributed by atoms with Crippen LogP contribution in [0.4, 0.5) is 5.95 Å². The summed E-state index contributed by atoms with van der Waals surface area (Å²) in [6.45, 7) is 2.87. The smallest absolute Gasteiger partial charge is 0.305 e. The van der Waals surface area contributed by atoms with Gasteiger partial charge in [-0.2, -0.15) is 4.98 Å². The average Bonchev–Trinajstić information content (AvgIpc) is 3.31. The number of hydrogen-bond acceptors (Lipinski definition) is 7. The van der Waals surface area contributed by atoms with E-state index in [4.69, 9.17) is 10.5 Å². The normalized spacial score (nSPS) is 12.3. The van der Waals surface area contributed by atoms with Crippen LogP contribution in [0.15, 0.2) is 11.1 Å². The molecule has 0 amide bonds. The Bertz CT molecular complexity index is 974. The van der Waals surface area contributed by atoms with Crippen molar-refractivity contribution in [2.24, 2.45) is 5.92 Å². The van der Waals surface area contributed by atoms with Crippen molar-refractivity contribution in [1.82, 2.24) is 19.5 Å². The minimum atomic E-state index is -0.393. The van der Waals surface area contributed by atoms with Gasteiger partial charge in [0.05, 0.1) is 12.9 Å². The number of imidazole rings is 1. The molecular formula is C30H53N5O4. The molecule has 0 radical (unpaired) electrons. The van der Waals surface area contributed by atoms with Gasteiger partial charge in [0.1, 0.15) is 0 Å². The molecule has 2 aromatic heterocycles. The highest BCUT2D eigenvalue weighted by molar-refractivity contribution is 5.70. The Balaban J connectivity index is 1.47. The lowest BCUT2D eigenvalue weighted by molar-refractivity contribution is -0.145. The molecule has 39 heavy (non-hydrogen) atoms. The number of nitrogens with zero attached hydrogens (tertiary/aromatic N) is 3. The molecule has 0 fully saturated rings. The summed E-state index contributed by atoms with van der Waals surface area (Å²) >= 11 is 0. The minimum Gasteiger partial charge on any atom is -0.465 e. The van der Waals surface area contributed by atoms with Gasteiger partial charge >= 0.3 is 5.97 Å². The number of fused-ring (bicyclic) bond motifs is 1. The summed E-state index contributed by atoms with van der Waals surface area (Å²) in [4.78, 5) is 34.9. The van der Waals surface area contributed by atoms with Crippen LogP contribution in [0.5, 0.6) is 0 Å². The van der Waals surface area contributed by atoms with Crippen LogP contribution < -0.4 is 11.3 Å². The molecule has 2 heterocycles. The number of aliphatic hydroxyl groups excluding tert-OH is 1. The van der Waals surface area contributed by atoms with Crippen LogP contribution in [0.25, 0.3) is 11.2 Å². The Morgan fingerprint density at radius 2 is 1.49 bits per heavy atom. The van der Waals surface area contributed by atoms with E-state index in [0.29, 0.717) is 25.0 Å². The molecule has 0 aliphatic carbocycles. The van der Waals surface area contributed by atoms with Gasteiger partial charge in [-0.15, -0.1) is 0 Å². The molecule has 2 rings (SSSR count). The highest BCUT2D eigenvalue weighted by Gasteiger charge is 2.16. The second-order valence-corrected chi connectivity index (χ2v) is 11.0. The summed E-state index contributed by atoms with van der Waals surface area (Å²) < 4.78 is 7.21. The van der Waals surface area contributed by atoms with E-state index in [2.05, 4.69) is 21.9 Å². The predicted molar refractivity (Wildman–Crippen MR) is 157 cm³/mol. The van der Waals surface area contributed by atoms with Gasteiger partial charge in [-0.1, -0.05) is 110 Å². The number of aliphatic hydroxyl groups is 1. The third kappa shape index (κ3) is 14.0. The van der Waals surface area contributed by atoms with Crippen LogP contribution in [0.2, 0.25) is 0 Å². The molecule has 0 saturated carbocycles. The average molecular weight is 548 g/mol. The molecule has 0 aliphatic rings. The fraction of sp³-hybridized carbons (Fsp3) is 0.800. The van der Waals surface area contributed by atoms with Crippen LogP contribution in [0.3, 0.4) is 0 Å². The summed E-state index contributed by atoms with van der Waals surface area (Å²) in [6, 6.07) is 0. The van der Waals surface area contributed by atoms with E-state index in [1.54, 1.807) is 4.57 Å². The Morgan fingerprint density at radius 3 is 2.03 bits per heavy atom. The SMILES string of the molecule is CCCCCCCCCCCCCCCCCCCC(=O)OC[C@H](CCO)Cn1cnc2c(=O)[nH]c(N)nc21. The van der Waals surface area contributed by atoms with Crippen molar-refractivity contribution in [3.05, 3.63) is 16.7 Å². The summed E-state index contributed by atoms with van der Waals surface area (Å²) in [5.74, 6) is -0.295. The van der Waals surface area contributed by atoms with Crippen LogP contribution in [-0.4, -0.2) is 43.8 Å². The molecule has 0 unspecified atom stereocenters. The lowest BCUT2D eigenvalue weighted by atomic mass is 10.0. The van der Waals surface area contributed by atoms with E-state index in [1.165, 1.54) is 103 Å². The molecule has 0 saturated heterocycles. The molecule has 9 heteroatoms. The fourth-order valence-corrected chi connectivity index (χ4v) is 5.07. The molecular weight excluding hydrogens is 494 g/mol. The van der Waals surface area contributed by atoms with E-state index >= 15 is 0 Å². The van der Waals surface area contributed by atoms with Gasteiger partial charge in [0, 0.05) is 25.5 Å². The minimum absolute atomic E-state index is 0.0217. The number of H-pyrrole nitrogens is 1. The number of rotatable bonds is 24. The topological polar surface area (TPSA) is 136 Å². The maximum absolute atomic E-state index is 12.2. The number of nitrogens with two attached hydrogens (primary N) is 1. The van der Waals surface area contributed by atoms with Gasteiger partial charge in [0.25, 0.3) is 5.56 Å². The van der Waals surface area contributed by atoms with E-state index in [1.807, 2.05) is 0 Å². The lowest BCUT2D eigenvalue weighted by Gasteiger charge is -2.17. The number of nitrogen functional groups attached to an aromatic ring is 1. The number of anilines is 1. The van der Waals surface area contributed by atoms with Crippen molar-refractivity contribution in [2.75, 3.05) is 18.9 Å². The summed E-state index contributed by atoms with van der Waals surface area (Å²) in [7, 11) is 0. The van der Waals surface area contributed by atoms with Gasteiger partial charge in [-0.25, -0.2) is 4.98 Å². The molecule has 9 nitrogen and oxygen atoms in total. The van der Waals surface area contributed by atoms with Gasteiger partial charge in [-0.05, 0) is 12.8 Å². The van der Waals surface area contributed by atoms with Crippen molar-refractivity contribution in [3.63, 3.8) is 0 Å². The first-order valence-electron chi connectivity index (χ1n) is 15.5. The van der Waals surface area contributed by atoms with Crippen LogP contribution >= 0.6 is 0 Å². The van der Waals surface area contributed by atoms with Crippen molar-refractivity contribution in [1.29, 1.82) is 0 Å². The number of hydrogen-bond donors (Lipinski definition) is 3. The second-order valence-electron chi connectivity index (χ2n) is 11.0. The third-order valence-electron chi connectivity index (χ3n) is 7.45. The van der Waals surface area contributed by atoms with Crippen LogP contribution in [0.1, 0.15) is 129 Å². The number of esters is 1. The number of carbonyl (C=O) groups is 1. The maximum Gasteiger partial charge on any atom is 0.305 e. The van der Waals surface area contributed by atoms with Crippen molar-refractivity contribution >= 4 is 23.1 Å². The number of unbranched alkanes of at least 4 members (excludes halogenated alkanes) is 16. The summed E-state index contributed by atoms with van der Waals surface area (Å²) in [5.41, 5.74) is 5.86. The molecule has 0 bridgehead atoms. The molecule has 0 aromatic carbocycles. The summed E-state index contributed by atoms with van der Waals surface area (Å²) in [5, 5.41) is 9.44. The molecule has 4 N–H and O–H groups in total. The first-order valence-corrected chi connectivity index (χ1v) is 15.5. The van der Waals surface area contributed by atoms with Gasteiger partial charge in [0.15, 0.2) is 11.2 Å². The van der Waals surface area contributed by atoms with E-state index in [-0.39, 0.29) is 36.6 Å². The molecule has 0 spiro atoms. The van der Waals surface area contributed by atoms with E-state index in [0.717, 1.165) is 12.8 Å².